The molecule has 0 saturated carbocycles. The van der Waals surface area contributed by atoms with Gasteiger partial charge in [-0.05, 0) is 17.7 Å². The highest BCUT2D eigenvalue weighted by Crippen LogP contribution is 2.30. The Morgan fingerprint density at radius 3 is 2.67 bits per heavy atom. The minimum absolute atomic E-state index is 0. The lowest BCUT2D eigenvalue weighted by molar-refractivity contribution is -0.132. The maximum atomic E-state index is 10.9. The third-order valence-corrected chi connectivity index (χ3v) is 2.18. The number of nitrogens with two attached hydrogens (primary N) is 1. The second-order valence-electron chi connectivity index (χ2n) is 3.47. The van der Waals surface area contributed by atoms with Gasteiger partial charge in [0.2, 0.25) is 0 Å². The normalized spacial score (nSPS) is 10.8. The number of ether oxygens (including phenoxy) is 2. The molecule has 2 N–H and O–H groups in total. The van der Waals surface area contributed by atoms with E-state index in [1.54, 1.807) is 18.2 Å². The smallest absolute Gasteiger partial charge is 0.308 e. The number of nitriles is 1. The van der Waals surface area contributed by atoms with Crippen molar-refractivity contribution in [2.45, 2.75) is 19.4 Å². The van der Waals surface area contributed by atoms with Crippen molar-refractivity contribution >= 4 is 18.4 Å². The van der Waals surface area contributed by atoms with Crippen molar-refractivity contribution in [1.29, 1.82) is 5.26 Å². The molecule has 98 valence electrons. The monoisotopic (exact) mass is 270 g/mol. The Morgan fingerprint density at radius 2 is 2.17 bits per heavy atom. The van der Waals surface area contributed by atoms with E-state index in [1.165, 1.54) is 14.0 Å². The van der Waals surface area contributed by atoms with Crippen LogP contribution in [0.3, 0.4) is 0 Å². The molecule has 0 aromatic heterocycles. The summed E-state index contributed by atoms with van der Waals surface area (Å²) in [7, 11) is 1.47. The number of esters is 1. The Balaban J connectivity index is 0.00000289. The predicted octanol–water partition coefficient (Wildman–Crippen LogP) is 1.96. The fraction of sp³-hybridized carbons (Fsp3) is 0.333. The van der Waals surface area contributed by atoms with Gasteiger partial charge in [-0.2, -0.15) is 5.26 Å². The van der Waals surface area contributed by atoms with Gasteiger partial charge in [0.1, 0.15) is 0 Å². The summed E-state index contributed by atoms with van der Waals surface area (Å²) in [6, 6.07) is 6.61. The lowest BCUT2D eigenvalue weighted by atomic mass is 10.0. The van der Waals surface area contributed by atoms with E-state index in [1.807, 2.05) is 6.07 Å². The Hall–Kier alpha value is -1.77. The Bertz CT molecular complexity index is 457. The number of carbonyl (C=O) groups is 1. The van der Waals surface area contributed by atoms with Crippen LogP contribution in [-0.2, 0) is 4.79 Å². The van der Waals surface area contributed by atoms with Crippen molar-refractivity contribution < 1.29 is 14.3 Å². The molecule has 18 heavy (non-hydrogen) atoms. The zero-order valence-electron chi connectivity index (χ0n) is 10.2. The average Bonchev–Trinajstić information content (AvgIpc) is 2.29. The molecule has 0 fully saturated rings. The summed E-state index contributed by atoms with van der Waals surface area (Å²) in [6.07, 6.45) is 0.218. The Labute approximate surface area is 112 Å². The minimum Gasteiger partial charge on any atom is -0.493 e. The number of halogens is 1. The minimum atomic E-state index is -0.419. The fourth-order valence-electron chi connectivity index (χ4n) is 1.37. The lowest BCUT2D eigenvalue weighted by Gasteiger charge is -2.12. The molecule has 5 nitrogen and oxygen atoms in total. The molecule has 1 aromatic carbocycles. The number of carbonyl (C=O) groups excluding carboxylic acids is 1. The third kappa shape index (κ3) is 4.24. The highest BCUT2D eigenvalue weighted by atomic mass is 35.5. The van der Waals surface area contributed by atoms with Gasteiger partial charge in [-0.3, -0.25) is 4.79 Å². The molecule has 0 unspecified atom stereocenters. The van der Waals surface area contributed by atoms with Crippen molar-refractivity contribution in [2.24, 2.45) is 5.73 Å². The van der Waals surface area contributed by atoms with Gasteiger partial charge < -0.3 is 15.2 Å². The van der Waals surface area contributed by atoms with Gasteiger partial charge in [-0.25, -0.2) is 0 Å². The molecule has 1 rings (SSSR count). The molecule has 0 aliphatic rings. The Kier molecular flexibility index (Phi) is 6.79. The summed E-state index contributed by atoms with van der Waals surface area (Å²) >= 11 is 0. The van der Waals surface area contributed by atoms with E-state index < -0.39 is 5.97 Å². The summed E-state index contributed by atoms with van der Waals surface area (Å²) in [5, 5.41) is 8.57. The molecule has 0 aliphatic heterocycles. The maximum Gasteiger partial charge on any atom is 0.308 e. The third-order valence-electron chi connectivity index (χ3n) is 2.18. The zero-order valence-corrected chi connectivity index (χ0v) is 11.0. The fourth-order valence-corrected chi connectivity index (χ4v) is 1.37. The first kappa shape index (κ1) is 16.2. The first-order valence-electron chi connectivity index (χ1n) is 5.07. The van der Waals surface area contributed by atoms with Crippen LogP contribution in [-0.4, -0.2) is 13.1 Å². The van der Waals surface area contributed by atoms with Crippen LogP contribution >= 0.6 is 12.4 Å². The van der Waals surface area contributed by atoms with E-state index in [2.05, 4.69) is 0 Å². The SMILES string of the molecule is COc1cc([C@@H](N)CC#N)ccc1OC(C)=O.Cl. The Morgan fingerprint density at radius 1 is 1.50 bits per heavy atom. The topological polar surface area (TPSA) is 85.3 Å². The van der Waals surface area contributed by atoms with E-state index in [0.29, 0.717) is 11.5 Å². The zero-order chi connectivity index (χ0) is 12.8. The number of methoxy groups -OCH3 is 1. The quantitative estimate of drug-likeness (QED) is 0.668. The van der Waals surface area contributed by atoms with E-state index in [4.69, 9.17) is 20.5 Å². The van der Waals surface area contributed by atoms with E-state index >= 15 is 0 Å². The van der Waals surface area contributed by atoms with Crippen LogP contribution in [0.15, 0.2) is 18.2 Å². The maximum absolute atomic E-state index is 10.9. The van der Waals surface area contributed by atoms with Crippen LogP contribution in [0.4, 0.5) is 0 Å². The average molecular weight is 271 g/mol. The standard InChI is InChI=1S/C12H14N2O3.ClH/c1-8(15)17-11-4-3-9(7-12(11)16-2)10(14)5-6-13;/h3-4,7,10H,5,14H2,1-2H3;1H/t10-;/m0./s1. The van der Waals surface area contributed by atoms with Crippen LogP contribution in [0, 0.1) is 11.3 Å². The molecule has 0 aliphatic carbocycles. The van der Waals surface area contributed by atoms with Crippen molar-refractivity contribution in [3.05, 3.63) is 23.8 Å². The van der Waals surface area contributed by atoms with E-state index in [0.717, 1.165) is 5.56 Å². The number of hydrogen-bond donors (Lipinski definition) is 1. The molecular weight excluding hydrogens is 256 g/mol. The molecule has 6 heteroatoms. The van der Waals surface area contributed by atoms with Crippen LogP contribution < -0.4 is 15.2 Å². The lowest BCUT2D eigenvalue weighted by Crippen LogP contribution is -2.10. The predicted molar refractivity (Wildman–Crippen MR) is 68.7 cm³/mol. The first-order valence-corrected chi connectivity index (χ1v) is 5.07. The molecule has 0 spiro atoms. The molecule has 0 amide bonds. The highest BCUT2D eigenvalue weighted by Gasteiger charge is 2.11. The molecule has 0 bridgehead atoms. The van der Waals surface area contributed by atoms with E-state index in [9.17, 15) is 4.79 Å². The molecule has 0 heterocycles. The van der Waals surface area contributed by atoms with Gasteiger partial charge in [0.05, 0.1) is 19.6 Å². The van der Waals surface area contributed by atoms with Crippen LogP contribution in [0.25, 0.3) is 0 Å². The van der Waals surface area contributed by atoms with Gasteiger partial charge in [-0.15, -0.1) is 12.4 Å². The summed E-state index contributed by atoms with van der Waals surface area (Å²) < 4.78 is 10.1. The van der Waals surface area contributed by atoms with Gasteiger partial charge in [0, 0.05) is 13.0 Å². The molecule has 0 saturated heterocycles. The van der Waals surface area contributed by atoms with Crippen molar-refractivity contribution in [3.63, 3.8) is 0 Å². The van der Waals surface area contributed by atoms with E-state index in [-0.39, 0.29) is 24.9 Å². The first-order chi connectivity index (χ1) is 8.08. The molecule has 0 radical (unpaired) electrons. The number of benzene rings is 1. The highest BCUT2D eigenvalue weighted by molar-refractivity contribution is 5.85. The second-order valence-corrected chi connectivity index (χ2v) is 3.47. The summed E-state index contributed by atoms with van der Waals surface area (Å²) in [6.45, 7) is 1.31. The van der Waals surface area contributed by atoms with Gasteiger partial charge >= 0.3 is 5.97 Å². The van der Waals surface area contributed by atoms with Gasteiger partial charge in [-0.1, -0.05) is 6.07 Å². The summed E-state index contributed by atoms with van der Waals surface area (Å²) in [4.78, 5) is 10.9. The number of rotatable bonds is 4. The van der Waals surface area contributed by atoms with Crippen LogP contribution in [0.1, 0.15) is 24.9 Å². The van der Waals surface area contributed by atoms with Crippen LogP contribution in [0.2, 0.25) is 0 Å². The molecule has 1 aromatic rings. The van der Waals surface area contributed by atoms with Gasteiger partial charge in [0.15, 0.2) is 11.5 Å². The molecule has 1 atom stereocenters. The molecular formula is C12H15ClN2O3. The van der Waals surface area contributed by atoms with Crippen LogP contribution in [0.5, 0.6) is 11.5 Å². The number of nitrogens with zero attached hydrogens (tertiary/aromatic N) is 1. The van der Waals surface area contributed by atoms with Crippen molar-refractivity contribution in [3.8, 4) is 17.6 Å². The second kappa shape index (κ2) is 7.54. The van der Waals surface area contributed by atoms with Gasteiger partial charge in [0.25, 0.3) is 0 Å². The van der Waals surface area contributed by atoms with Crippen molar-refractivity contribution in [1.82, 2.24) is 0 Å². The van der Waals surface area contributed by atoms with Crippen molar-refractivity contribution in [2.75, 3.05) is 7.11 Å². The summed E-state index contributed by atoms with van der Waals surface area (Å²) in [5.74, 6) is 0.344. The number of hydrogen-bond acceptors (Lipinski definition) is 5. The summed E-state index contributed by atoms with van der Waals surface area (Å²) in [5.41, 5.74) is 6.56. The largest absolute Gasteiger partial charge is 0.493 e.